The predicted molar refractivity (Wildman–Crippen MR) is 63.0 cm³/mol. The van der Waals surface area contributed by atoms with Gasteiger partial charge in [0, 0.05) is 0 Å². The summed E-state index contributed by atoms with van der Waals surface area (Å²) in [6, 6.07) is 7.38. The molecule has 0 fully saturated rings. The van der Waals surface area contributed by atoms with Gasteiger partial charge in [-0.05, 0) is 12.8 Å². The molecule has 0 aliphatic heterocycles. The van der Waals surface area contributed by atoms with Gasteiger partial charge in [-0.1, -0.05) is 68.9 Å². The second-order valence-corrected chi connectivity index (χ2v) is 4.13. The first-order valence-electron chi connectivity index (χ1n) is 6.09. The van der Waals surface area contributed by atoms with Crippen LogP contribution < -0.4 is 56.5 Å². The van der Waals surface area contributed by atoms with Crippen molar-refractivity contribution < 1.29 is 56.5 Å². The minimum atomic E-state index is 0. The largest absolute Gasteiger partial charge is 1.00 e. The molecule has 1 aromatic carbocycles. The third-order valence-electron chi connectivity index (χ3n) is 2.77. The number of para-hydroxylation sites is 1. The van der Waals surface area contributed by atoms with E-state index in [1.54, 1.807) is 6.07 Å². The summed E-state index contributed by atoms with van der Waals surface area (Å²) in [5, 5.41) is 11.4. The van der Waals surface area contributed by atoms with E-state index >= 15 is 0 Å². The van der Waals surface area contributed by atoms with Crippen molar-refractivity contribution in [1.29, 1.82) is 0 Å². The molecule has 0 unspecified atom stereocenters. The molecule has 1 aromatic rings. The molecule has 0 atom stereocenters. The molecule has 0 saturated carbocycles. The summed E-state index contributed by atoms with van der Waals surface area (Å²) in [5.74, 6) is 0.200. The minimum absolute atomic E-state index is 0. The minimum Gasteiger partial charge on any atom is -0.872 e. The average molecular weight is 244 g/mol. The first kappa shape index (κ1) is 16.7. The van der Waals surface area contributed by atoms with Crippen LogP contribution in [0.3, 0.4) is 0 Å². The molecule has 1 rings (SSSR count). The van der Waals surface area contributed by atoms with Crippen molar-refractivity contribution in [2.24, 2.45) is 0 Å². The second-order valence-electron chi connectivity index (χ2n) is 4.13. The smallest absolute Gasteiger partial charge is 0.872 e. The number of hydrogen-bond acceptors (Lipinski definition) is 1. The van der Waals surface area contributed by atoms with Crippen molar-refractivity contribution >= 4 is 0 Å². The van der Waals surface area contributed by atoms with E-state index in [-0.39, 0.29) is 57.1 Å². The van der Waals surface area contributed by atoms with E-state index in [4.69, 9.17) is 0 Å². The first-order valence-corrected chi connectivity index (χ1v) is 6.09. The third kappa shape index (κ3) is 7.07. The molecular formula is C14H21KO. The van der Waals surface area contributed by atoms with Crippen LogP contribution >= 0.6 is 0 Å². The summed E-state index contributed by atoms with van der Waals surface area (Å²) in [5.41, 5.74) is 0.980. The molecule has 0 amide bonds. The van der Waals surface area contributed by atoms with Crippen molar-refractivity contribution in [2.45, 2.75) is 51.9 Å². The number of aryl methyl sites for hydroxylation is 1. The Morgan fingerprint density at radius 1 is 0.938 bits per heavy atom. The van der Waals surface area contributed by atoms with Crippen LogP contribution in [0.15, 0.2) is 24.3 Å². The molecule has 0 aliphatic carbocycles. The molecule has 2 heteroatoms. The molecule has 0 aliphatic rings. The van der Waals surface area contributed by atoms with Crippen LogP contribution in [0.4, 0.5) is 0 Å². The van der Waals surface area contributed by atoms with Gasteiger partial charge in [0.1, 0.15) is 0 Å². The maximum Gasteiger partial charge on any atom is 1.00 e. The monoisotopic (exact) mass is 244 g/mol. The van der Waals surface area contributed by atoms with E-state index in [2.05, 4.69) is 6.92 Å². The van der Waals surface area contributed by atoms with E-state index in [9.17, 15) is 5.11 Å². The van der Waals surface area contributed by atoms with Gasteiger partial charge in [0.15, 0.2) is 0 Å². The number of hydrogen-bond donors (Lipinski definition) is 0. The zero-order valence-electron chi connectivity index (χ0n) is 10.7. The summed E-state index contributed by atoms with van der Waals surface area (Å²) < 4.78 is 0. The van der Waals surface area contributed by atoms with E-state index in [1.807, 2.05) is 18.2 Å². The van der Waals surface area contributed by atoms with Crippen molar-refractivity contribution in [1.82, 2.24) is 0 Å². The summed E-state index contributed by atoms with van der Waals surface area (Å²) in [4.78, 5) is 0. The first-order chi connectivity index (χ1) is 7.34. The van der Waals surface area contributed by atoms with E-state index < -0.39 is 0 Å². The Balaban J connectivity index is 0.00000225. The van der Waals surface area contributed by atoms with Crippen LogP contribution in [0.25, 0.3) is 0 Å². The summed E-state index contributed by atoms with van der Waals surface area (Å²) in [6.07, 6.45) is 8.66. The van der Waals surface area contributed by atoms with Crippen molar-refractivity contribution in [3.05, 3.63) is 29.8 Å². The van der Waals surface area contributed by atoms with Crippen LogP contribution in [0, 0.1) is 0 Å². The number of benzene rings is 1. The van der Waals surface area contributed by atoms with Crippen LogP contribution in [-0.4, -0.2) is 0 Å². The van der Waals surface area contributed by atoms with Gasteiger partial charge in [0.2, 0.25) is 0 Å². The Bertz CT molecular complexity index is 273. The van der Waals surface area contributed by atoms with Crippen LogP contribution in [-0.2, 0) is 6.42 Å². The van der Waals surface area contributed by atoms with E-state index in [1.165, 1.54) is 32.1 Å². The Morgan fingerprint density at radius 2 is 1.56 bits per heavy atom. The molecule has 0 radical (unpaired) electrons. The van der Waals surface area contributed by atoms with Crippen LogP contribution in [0.5, 0.6) is 5.75 Å². The maximum absolute atomic E-state index is 11.4. The van der Waals surface area contributed by atoms with Gasteiger partial charge in [-0.15, -0.1) is 5.75 Å². The van der Waals surface area contributed by atoms with Crippen LogP contribution in [0.1, 0.15) is 51.0 Å². The maximum atomic E-state index is 11.4. The fourth-order valence-corrected chi connectivity index (χ4v) is 1.81. The van der Waals surface area contributed by atoms with Crippen LogP contribution in [0.2, 0.25) is 0 Å². The summed E-state index contributed by atoms with van der Waals surface area (Å²) in [7, 11) is 0. The molecule has 16 heavy (non-hydrogen) atoms. The molecular weight excluding hydrogens is 223 g/mol. The summed E-state index contributed by atoms with van der Waals surface area (Å²) in [6.45, 7) is 2.23. The van der Waals surface area contributed by atoms with Gasteiger partial charge in [-0.2, -0.15) is 0 Å². The van der Waals surface area contributed by atoms with Gasteiger partial charge < -0.3 is 5.11 Å². The molecule has 0 spiro atoms. The standard InChI is InChI=1S/C14H22O.K/c1-2-3-4-5-6-7-10-13-11-8-9-12-14(13)15;/h8-9,11-12,15H,2-7,10H2,1H3;/q;+1/p-1. The van der Waals surface area contributed by atoms with Gasteiger partial charge in [0.05, 0.1) is 0 Å². The quantitative estimate of drug-likeness (QED) is 0.511. The van der Waals surface area contributed by atoms with Crippen molar-refractivity contribution in [3.8, 4) is 5.75 Å². The molecule has 0 heterocycles. The molecule has 1 nitrogen and oxygen atoms in total. The molecule has 0 bridgehead atoms. The number of unbranched alkanes of at least 4 members (excludes halogenated alkanes) is 5. The molecule has 0 N–H and O–H groups in total. The molecule has 84 valence electrons. The Morgan fingerprint density at radius 3 is 2.25 bits per heavy atom. The van der Waals surface area contributed by atoms with E-state index in [0.717, 1.165) is 18.4 Å². The topological polar surface area (TPSA) is 23.1 Å². The van der Waals surface area contributed by atoms with Gasteiger partial charge >= 0.3 is 51.4 Å². The van der Waals surface area contributed by atoms with Gasteiger partial charge in [-0.3, -0.25) is 0 Å². The normalized spacial score (nSPS) is 9.81. The molecule has 0 aromatic heterocycles. The SMILES string of the molecule is CCCCCCCCc1ccccc1[O-].[K+]. The fraction of sp³-hybridized carbons (Fsp3) is 0.571. The van der Waals surface area contributed by atoms with E-state index in [0.29, 0.717) is 0 Å². The Kier molecular flexibility index (Phi) is 11.2. The van der Waals surface area contributed by atoms with Gasteiger partial charge in [-0.25, -0.2) is 0 Å². The fourth-order valence-electron chi connectivity index (χ4n) is 1.81. The predicted octanol–water partition coefficient (Wildman–Crippen LogP) is 0.667. The Hall–Kier alpha value is 0.656. The average Bonchev–Trinajstić information content (AvgIpc) is 2.25. The van der Waals surface area contributed by atoms with Crippen molar-refractivity contribution in [2.75, 3.05) is 0 Å². The van der Waals surface area contributed by atoms with Crippen molar-refractivity contribution in [3.63, 3.8) is 0 Å². The zero-order valence-corrected chi connectivity index (χ0v) is 13.8. The third-order valence-corrected chi connectivity index (χ3v) is 2.77. The number of rotatable bonds is 7. The zero-order chi connectivity index (χ0) is 10.9. The Labute approximate surface area is 142 Å². The molecule has 0 saturated heterocycles. The second kappa shape index (κ2) is 10.8. The summed E-state index contributed by atoms with van der Waals surface area (Å²) >= 11 is 0. The van der Waals surface area contributed by atoms with Gasteiger partial charge in [0.25, 0.3) is 0 Å².